The normalized spacial score (nSPS) is 11.4. The smallest absolute Gasteiger partial charge is 0.281 e. The van der Waals surface area contributed by atoms with E-state index >= 15 is 0 Å². The summed E-state index contributed by atoms with van der Waals surface area (Å²) >= 11 is 0. The summed E-state index contributed by atoms with van der Waals surface area (Å²) in [4.78, 5) is 28.2. The molecule has 2 aromatic carbocycles. The van der Waals surface area contributed by atoms with Crippen molar-refractivity contribution in [2.24, 2.45) is 0 Å². The van der Waals surface area contributed by atoms with Crippen LogP contribution >= 0.6 is 0 Å². The van der Waals surface area contributed by atoms with Crippen LogP contribution in [0.25, 0.3) is 22.0 Å². The zero-order valence-electron chi connectivity index (χ0n) is 19.6. The van der Waals surface area contributed by atoms with Crippen molar-refractivity contribution in [1.29, 1.82) is 0 Å². The van der Waals surface area contributed by atoms with Crippen molar-refractivity contribution in [3.8, 4) is 22.6 Å². The third kappa shape index (κ3) is 4.63. The maximum atomic E-state index is 12.9. The highest BCUT2D eigenvalue weighted by Crippen LogP contribution is 2.40. The lowest BCUT2D eigenvalue weighted by Gasteiger charge is -2.18. The minimum atomic E-state index is -3.54. The highest BCUT2D eigenvalue weighted by Gasteiger charge is 2.19. The van der Waals surface area contributed by atoms with Crippen LogP contribution in [0.1, 0.15) is 22.8 Å². The predicted octanol–water partition coefficient (Wildman–Crippen LogP) is 4.99. The maximum absolute atomic E-state index is 12.9. The quantitative estimate of drug-likeness (QED) is 0.354. The fraction of sp³-hybridized carbons (Fsp3) is 0.154. The number of nitrogens with one attached hydrogen (secondary N) is 2. The van der Waals surface area contributed by atoms with Crippen molar-refractivity contribution in [3.63, 3.8) is 0 Å². The molecule has 2 N–H and O–H groups in total. The van der Waals surface area contributed by atoms with Gasteiger partial charge < -0.3 is 9.72 Å². The molecule has 180 valence electrons. The van der Waals surface area contributed by atoms with Crippen molar-refractivity contribution in [2.75, 3.05) is 10.5 Å². The Morgan fingerprint density at radius 2 is 1.86 bits per heavy atom. The molecule has 0 radical (unpaired) electrons. The monoisotopic (exact) mass is 491 g/mol. The molecule has 0 fully saturated rings. The molecule has 4 rings (SSSR count). The summed E-state index contributed by atoms with van der Waals surface area (Å²) in [7, 11) is -3.54. The third-order valence-electron chi connectivity index (χ3n) is 5.68. The summed E-state index contributed by atoms with van der Waals surface area (Å²) in [5.41, 5.74) is 2.89. The number of ether oxygens (including phenoxy) is 1. The number of rotatable bonds is 7. The van der Waals surface area contributed by atoms with E-state index in [9.17, 15) is 18.0 Å². The summed E-state index contributed by atoms with van der Waals surface area (Å²) in [6.45, 7) is 8.89. The number of sulfonamides is 1. The van der Waals surface area contributed by atoms with Crippen LogP contribution < -0.4 is 15.0 Å². The highest BCUT2D eigenvalue weighted by atomic mass is 32.2. The number of para-hydroxylation sites is 1. The number of fused-ring (bicyclic) bond motifs is 1. The van der Waals surface area contributed by atoms with Crippen LogP contribution in [0, 0.1) is 13.8 Å². The first-order chi connectivity index (χ1) is 16.6. The number of H-pyrrole nitrogens is 1. The van der Waals surface area contributed by atoms with Crippen LogP contribution in [0.2, 0.25) is 0 Å². The van der Waals surface area contributed by atoms with E-state index in [1.54, 1.807) is 37.4 Å². The molecular formula is C26H25N3O5S. The maximum Gasteiger partial charge on any atom is 0.281 e. The molecule has 0 aliphatic carbocycles. The van der Waals surface area contributed by atoms with Crippen molar-refractivity contribution in [3.05, 3.63) is 89.0 Å². The molecule has 2 aromatic heterocycles. The van der Waals surface area contributed by atoms with Gasteiger partial charge in [0.2, 0.25) is 10.0 Å². The lowest BCUT2D eigenvalue weighted by Crippen LogP contribution is -2.25. The van der Waals surface area contributed by atoms with Gasteiger partial charge in [0.25, 0.3) is 11.5 Å². The minimum Gasteiger partial charge on any atom is -0.456 e. The topological polar surface area (TPSA) is 110 Å². The molecule has 0 saturated heterocycles. The largest absolute Gasteiger partial charge is 0.456 e. The molecule has 9 heteroatoms. The molecule has 8 nitrogen and oxygen atoms in total. The number of anilines is 1. The number of aromatic amines is 1. The Labute approximate surface area is 202 Å². The molecule has 0 saturated carbocycles. The number of nitrogens with zero attached hydrogens (tertiary/aromatic N) is 1. The Balaban J connectivity index is 2.00. The van der Waals surface area contributed by atoms with Gasteiger partial charge in [-0.05, 0) is 62.2 Å². The lowest BCUT2D eigenvalue weighted by molar-refractivity contribution is 0.0966. The van der Waals surface area contributed by atoms with Crippen molar-refractivity contribution in [2.45, 2.75) is 20.8 Å². The number of pyridine rings is 1. The number of hydrogen-bond acceptors (Lipinski definition) is 5. The van der Waals surface area contributed by atoms with Crippen LogP contribution in [-0.2, 0) is 10.0 Å². The minimum absolute atomic E-state index is 0.0935. The van der Waals surface area contributed by atoms with Gasteiger partial charge in [0.05, 0.1) is 5.75 Å². The van der Waals surface area contributed by atoms with E-state index in [0.29, 0.717) is 33.7 Å². The van der Waals surface area contributed by atoms with Crippen LogP contribution in [0.5, 0.6) is 11.5 Å². The van der Waals surface area contributed by atoms with E-state index in [1.165, 1.54) is 6.20 Å². The van der Waals surface area contributed by atoms with Crippen LogP contribution in [-0.4, -0.2) is 29.6 Å². The van der Waals surface area contributed by atoms with E-state index in [0.717, 1.165) is 21.8 Å². The van der Waals surface area contributed by atoms with Gasteiger partial charge in [0.1, 0.15) is 17.0 Å². The number of aromatic nitrogens is 2. The first-order valence-electron chi connectivity index (χ1n) is 10.9. The Morgan fingerprint density at radius 3 is 2.51 bits per heavy atom. The molecule has 35 heavy (non-hydrogen) atoms. The van der Waals surface area contributed by atoms with Gasteiger partial charge in [-0.25, -0.2) is 13.0 Å². The summed E-state index contributed by atoms with van der Waals surface area (Å²) < 4.78 is 34.3. The standard InChI is InChI=1S/C26H25N3O5S/c1-5-23(30)29-15-21(19-12-13-27-24(19)26(29)31)20-14-18(28-35(32,33)6-2)10-11-22(20)34-25-16(3)8-7-9-17(25)4/h5,7-15,27-28H,1,6H2,2-4H3. The summed E-state index contributed by atoms with van der Waals surface area (Å²) in [6, 6.07) is 12.4. The van der Waals surface area contributed by atoms with Crippen molar-refractivity contribution in [1.82, 2.24) is 9.55 Å². The first kappa shape index (κ1) is 24.0. The van der Waals surface area contributed by atoms with Gasteiger partial charge >= 0.3 is 0 Å². The van der Waals surface area contributed by atoms with Gasteiger partial charge in [0, 0.05) is 34.6 Å². The zero-order chi connectivity index (χ0) is 25.3. The van der Waals surface area contributed by atoms with Crippen LogP contribution in [0.15, 0.2) is 72.3 Å². The van der Waals surface area contributed by atoms with Crippen LogP contribution in [0.4, 0.5) is 5.69 Å². The number of carbonyl (C=O) groups excluding carboxylic acids is 1. The fourth-order valence-electron chi connectivity index (χ4n) is 3.84. The zero-order valence-corrected chi connectivity index (χ0v) is 20.4. The second-order valence-corrected chi connectivity index (χ2v) is 10.1. The van der Waals surface area contributed by atoms with Gasteiger partial charge in [-0.2, -0.15) is 0 Å². The summed E-state index contributed by atoms with van der Waals surface area (Å²) in [5.74, 6) is 0.411. The molecule has 0 aliphatic heterocycles. The first-order valence-corrected chi connectivity index (χ1v) is 12.6. The van der Waals surface area contributed by atoms with Crippen molar-refractivity contribution < 1.29 is 17.9 Å². The molecule has 2 heterocycles. The third-order valence-corrected chi connectivity index (χ3v) is 6.99. The molecule has 0 amide bonds. The summed E-state index contributed by atoms with van der Waals surface area (Å²) in [5, 5.41) is 0.560. The molecule has 0 unspecified atom stereocenters. The Morgan fingerprint density at radius 1 is 1.14 bits per heavy atom. The van der Waals surface area contributed by atoms with Gasteiger partial charge in [-0.1, -0.05) is 24.8 Å². The number of benzene rings is 2. The van der Waals surface area contributed by atoms with E-state index in [-0.39, 0.29) is 11.3 Å². The summed E-state index contributed by atoms with van der Waals surface area (Å²) in [6.07, 6.45) is 4.08. The van der Waals surface area contributed by atoms with E-state index < -0.39 is 21.5 Å². The van der Waals surface area contributed by atoms with E-state index in [4.69, 9.17) is 4.74 Å². The van der Waals surface area contributed by atoms with Gasteiger partial charge in [-0.3, -0.25) is 14.3 Å². The SMILES string of the molecule is C=CC(=O)n1cc(-c2cc(NS(=O)(=O)CC)ccc2Oc2c(C)cccc2C)c2cc[nH]c2c1=O. The molecule has 0 spiro atoms. The average Bonchev–Trinajstić information content (AvgIpc) is 3.32. The Kier molecular flexibility index (Phi) is 6.36. The second kappa shape index (κ2) is 9.27. The lowest BCUT2D eigenvalue weighted by atomic mass is 10.0. The molecule has 0 aliphatic rings. The average molecular weight is 492 g/mol. The molecule has 0 bridgehead atoms. The number of carbonyl (C=O) groups is 1. The van der Waals surface area contributed by atoms with Crippen molar-refractivity contribution >= 4 is 32.5 Å². The highest BCUT2D eigenvalue weighted by molar-refractivity contribution is 7.92. The number of hydrogen-bond donors (Lipinski definition) is 2. The van der Waals surface area contributed by atoms with Gasteiger partial charge in [0.15, 0.2) is 0 Å². The molecular weight excluding hydrogens is 466 g/mol. The molecule has 0 atom stereocenters. The fourth-order valence-corrected chi connectivity index (χ4v) is 4.47. The molecule has 4 aromatic rings. The number of allylic oxidation sites excluding steroid dienone is 1. The van der Waals surface area contributed by atoms with E-state index in [1.807, 2.05) is 32.0 Å². The Hall–Kier alpha value is -4.11. The second-order valence-electron chi connectivity index (χ2n) is 8.07. The number of aryl methyl sites for hydroxylation is 2. The predicted molar refractivity (Wildman–Crippen MR) is 138 cm³/mol. The van der Waals surface area contributed by atoms with Crippen LogP contribution in [0.3, 0.4) is 0 Å². The van der Waals surface area contributed by atoms with E-state index in [2.05, 4.69) is 16.3 Å². The Bertz CT molecular complexity index is 1610. The van der Waals surface area contributed by atoms with Gasteiger partial charge in [-0.15, -0.1) is 0 Å².